The second-order valence-electron chi connectivity index (χ2n) is 4.59. The molecule has 2 N–H and O–H groups in total. The Morgan fingerprint density at radius 2 is 2.05 bits per heavy atom. The molecule has 1 aliphatic heterocycles. The van der Waals surface area contributed by atoms with E-state index in [1.807, 2.05) is 6.07 Å². The number of hydrogen-bond donors (Lipinski definition) is 2. The van der Waals surface area contributed by atoms with Crippen LogP contribution in [0.2, 0.25) is 0 Å². The van der Waals surface area contributed by atoms with E-state index in [0.29, 0.717) is 18.5 Å². The Bertz CT molecular complexity index is 515. The molecule has 0 aromatic heterocycles. The molecule has 1 aromatic carbocycles. The van der Waals surface area contributed by atoms with Crippen molar-refractivity contribution in [3.05, 3.63) is 30.3 Å². The van der Waals surface area contributed by atoms with E-state index in [2.05, 4.69) is 10.6 Å². The average Bonchev–Trinajstić information content (AvgIpc) is 2.86. The predicted molar refractivity (Wildman–Crippen MR) is 71.8 cm³/mol. The molecular formula is C14H16N2O4. The van der Waals surface area contributed by atoms with Crippen LogP contribution in [0.4, 0.5) is 5.69 Å². The van der Waals surface area contributed by atoms with Gasteiger partial charge in [0.05, 0.1) is 0 Å². The van der Waals surface area contributed by atoms with E-state index in [-0.39, 0.29) is 5.91 Å². The number of carbonyl (C=O) groups excluding carboxylic acids is 3. The first-order valence-corrected chi connectivity index (χ1v) is 6.42. The van der Waals surface area contributed by atoms with E-state index in [1.165, 1.54) is 6.92 Å². The number of anilines is 1. The number of benzene rings is 1. The minimum absolute atomic E-state index is 0.173. The highest BCUT2D eigenvalue weighted by molar-refractivity contribution is 5.96. The third kappa shape index (κ3) is 3.57. The Balaban J connectivity index is 1.85. The summed E-state index contributed by atoms with van der Waals surface area (Å²) < 4.78 is 5.05. The molecule has 0 bridgehead atoms. The average molecular weight is 276 g/mol. The van der Waals surface area contributed by atoms with Gasteiger partial charge in [-0.15, -0.1) is 0 Å². The summed E-state index contributed by atoms with van der Waals surface area (Å²) in [6.45, 7) is 1.49. The minimum atomic E-state index is -0.916. The van der Waals surface area contributed by atoms with Crippen molar-refractivity contribution < 1.29 is 19.1 Å². The fourth-order valence-corrected chi connectivity index (χ4v) is 1.87. The largest absolute Gasteiger partial charge is 0.451 e. The van der Waals surface area contributed by atoms with Crippen molar-refractivity contribution in [3.63, 3.8) is 0 Å². The molecule has 6 heteroatoms. The van der Waals surface area contributed by atoms with Crippen LogP contribution in [0, 0.1) is 0 Å². The lowest BCUT2D eigenvalue weighted by atomic mass is 10.2. The predicted octanol–water partition coefficient (Wildman–Crippen LogP) is 0.835. The van der Waals surface area contributed by atoms with Crippen molar-refractivity contribution in [2.75, 3.05) is 5.32 Å². The summed E-state index contributed by atoms with van der Waals surface area (Å²) in [6, 6.07) is 8.25. The molecule has 1 aliphatic rings. The lowest BCUT2D eigenvalue weighted by molar-refractivity contribution is -0.155. The number of hydrogen-bond acceptors (Lipinski definition) is 4. The third-order valence-corrected chi connectivity index (χ3v) is 2.98. The maximum atomic E-state index is 11.9. The van der Waals surface area contributed by atoms with Crippen LogP contribution in [0.1, 0.15) is 19.8 Å². The highest BCUT2D eigenvalue weighted by Gasteiger charge is 2.30. The van der Waals surface area contributed by atoms with Gasteiger partial charge in [-0.3, -0.25) is 9.59 Å². The smallest absolute Gasteiger partial charge is 0.329 e. The van der Waals surface area contributed by atoms with Gasteiger partial charge in [-0.05, 0) is 25.5 Å². The normalized spacial score (nSPS) is 19.1. The molecule has 1 heterocycles. The fourth-order valence-electron chi connectivity index (χ4n) is 1.87. The summed E-state index contributed by atoms with van der Waals surface area (Å²) >= 11 is 0. The van der Waals surface area contributed by atoms with E-state index >= 15 is 0 Å². The molecule has 0 saturated carbocycles. The summed E-state index contributed by atoms with van der Waals surface area (Å²) in [6.07, 6.45) is -0.199. The van der Waals surface area contributed by atoms with E-state index in [4.69, 9.17) is 4.74 Å². The standard InChI is InChI=1S/C14H16N2O4/c1-9(13(18)15-10-5-3-2-4-6-10)20-14(19)11-7-8-12(17)16-11/h2-6,9,11H,7-8H2,1H3,(H,15,18)(H,16,17)/t9-,11+/m0/s1. The quantitative estimate of drug-likeness (QED) is 0.798. The Labute approximate surface area is 116 Å². The van der Waals surface area contributed by atoms with E-state index in [0.717, 1.165) is 0 Å². The van der Waals surface area contributed by atoms with E-state index < -0.39 is 24.0 Å². The third-order valence-electron chi connectivity index (χ3n) is 2.98. The lowest BCUT2D eigenvalue weighted by Gasteiger charge is -2.16. The van der Waals surface area contributed by atoms with Gasteiger partial charge in [-0.1, -0.05) is 18.2 Å². The Morgan fingerprint density at radius 3 is 2.65 bits per heavy atom. The molecular weight excluding hydrogens is 260 g/mol. The Morgan fingerprint density at radius 1 is 1.35 bits per heavy atom. The van der Waals surface area contributed by atoms with Gasteiger partial charge >= 0.3 is 5.97 Å². The van der Waals surface area contributed by atoms with Crippen LogP contribution in [-0.2, 0) is 19.1 Å². The zero-order valence-electron chi connectivity index (χ0n) is 11.1. The number of rotatable bonds is 4. The van der Waals surface area contributed by atoms with E-state index in [9.17, 15) is 14.4 Å². The SMILES string of the molecule is C[C@H](OC(=O)[C@H]1CCC(=O)N1)C(=O)Nc1ccccc1. The maximum absolute atomic E-state index is 11.9. The highest BCUT2D eigenvalue weighted by Crippen LogP contribution is 2.11. The molecule has 0 unspecified atom stereocenters. The first-order chi connectivity index (χ1) is 9.56. The summed E-state index contributed by atoms with van der Waals surface area (Å²) in [7, 11) is 0. The number of amides is 2. The Hall–Kier alpha value is -2.37. The van der Waals surface area contributed by atoms with Gasteiger partial charge in [0, 0.05) is 12.1 Å². The van der Waals surface area contributed by atoms with Gasteiger partial charge in [0.1, 0.15) is 6.04 Å². The first-order valence-electron chi connectivity index (χ1n) is 6.42. The van der Waals surface area contributed by atoms with Crippen LogP contribution in [0.5, 0.6) is 0 Å². The molecule has 0 aliphatic carbocycles. The summed E-state index contributed by atoms with van der Waals surface area (Å²) in [5.74, 6) is -1.16. The monoisotopic (exact) mass is 276 g/mol. The van der Waals surface area contributed by atoms with Crippen LogP contribution in [0.25, 0.3) is 0 Å². The molecule has 0 radical (unpaired) electrons. The molecule has 1 saturated heterocycles. The molecule has 2 amide bonds. The molecule has 1 fully saturated rings. The van der Waals surface area contributed by atoms with Gasteiger partial charge < -0.3 is 15.4 Å². The van der Waals surface area contributed by atoms with Gasteiger partial charge in [-0.25, -0.2) is 4.79 Å². The molecule has 20 heavy (non-hydrogen) atoms. The van der Waals surface area contributed by atoms with Gasteiger partial charge in [0.2, 0.25) is 5.91 Å². The maximum Gasteiger partial charge on any atom is 0.329 e. The van der Waals surface area contributed by atoms with Crippen LogP contribution >= 0.6 is 0 Å². The van der Waals surface area contributed by atoms with Crippen molar-refractivity contribution in [2.45, 2.75) is 31.9 Å². The second-order valence-corrected chi connectivity index (χ2v) is 4.59. The van der Waals surface area contributed by atoms with Crippen LogP contribution < -0.4 is 10.6 Å². The van der Waals surface area contributed by atoms with Gasteiger partial charge in [-0.2, -0.15) is 0 Å². The molecule has 0 spiro atoms. The van der Waals surface area contributed by atoms with Crippen molar-refractivity contribution in [1.82, 2.24) is 5.32 Å². The van der Waals surface area contributed by atoms with Crippen LogP contribution in [0.15, 0.2) is 30.3 Å². The molecule has 2 atom stereocenters. The highest BCUT2D eigenvalue weighted by atomic mass is 16.5. The van der Waals surface area contributed by atoms with Crippen LogP contribution in [0.3, 0.4) is 0 Å². The zero-order valence-corrected chi connectivity index (χ0v) is 11.1. The first kappa shape index (κ1) is 14.0. The number of carbonyl (C=O) groups is 3. The van der Waals surface area contributed by atoms with Gasteiger partial charge in [0.15, 0.2) is 6.10 Å². The minimum Gasteiger partial charge on any atom is -0.451 e. The van der Waals surface area contributed by atoms with Crippen molar-refractivity contribution >= 4 is 23.5 Å². The fraction of sp³-hybridized carbons (Fsp3) is 0.357. The summed E-state index contributed by atoms with van der Waals surface area (Å²) in [5.41, 5.74) is 0.634. The topological polar surface area (TPSA) is 84.5 Å². The summed E-state index contributed by atoms with van der Waals surface area (Å²) in [4.78, 5) is 34.6. The Kier molecular flexibility index (Phi) is 4.34. The van der Waals surface area contributed by atoms with Gasteiger partial charge in [0.25, 0.3) is 5.91 Å². The van der Waals surface area contributed by atoms with Crippen LogP contribution in [-0.4, -0.2) is 29.9 Å². The van der Waals surface area contributed by atoms with Crippen molar-refractivity contribution in [3.8, 4) is 0 Å². The van der Waals surface area contributed by atoms with Crippen molar-refractivity contribution in [2.24, 2.45) is 0 Å². The number of nitrogens with one attached hydrogen (secondary N) is 2. The summed E-state index contributed by atoms with van der Waals surface area (Å²) in [5, 5.41) is 5.15. The lowest BCUT2D eigenvalue weighted by Crippen LogP contribution is -2.39. The second kappa shape index (κ2) is 6.18. The zero-order chi connectivity index (χ0) is 14.5. The molecule has 1 aromatic rings. The number of para-hydroxylation sites is 1. The van der Waals surface area contributed by atoms with E-state index in [1.54, 1.807) is 24.3 Å². The number of ether oxygens (including phenoxy) is 1. The molecule has 2 rings (SSSR count). The number of esters is 1. The van der Waals surface area contributed by atoms with Crippen molar-refractivity contribution in [1.29, 1.82) is 0 Å². The molecule has 106 valence electrons. The molecule has 6 nitrogen and oxygen atoms in total.